The third kappa shape index (κ3) is 69.5. The molecule has 0 bridgehead atoms. The molecule has 0 aromatic heterocycles. The first-order valence-corrected chi connectivity index (χ1v) is 41.9. The number of unbranched alkanes of at least 4 members (excludes halogenated alkanes) is 40. The summed E-state index contributed by atoms with van der Waals surface area (Å²) in [6, 6.07) is 0. The van der Waals surface area contributed by atoms with Gasteiger partial charge in [0.1, 0.15) is 19.3 Å². The van der Waals surface area contributed by atoms with Gasteiger partial charge in [-0.25, -0.2) is 9.13 Å². The number of phosphoric ester groups is 2. The molecule has 0 saturated carbocycles. The number of hydrogen-bond acceptors (Lipinski definition) is 15. The van der Waals surface area contributed by atoms with Gasteiger partial charge in [-0.05, 0) is 109 Å². The predicted molar refractivity (Wildman–Crippen MR) is 390 cm³/mol. The quantitative estimate of drug-likeness (QED) is 0.0169. The first kappa shape index (κ1) is 93.0. The molecule has 5 atom stereocenters. The van der Waals surface area contributed by atoms with Gasteiger partial charge in [0.2, 0.25) is 0 Å². The smallest absolute Gasteiger partial charge is 0.462 e. The monoisotopic (exact) mass is 1400 g/mol. The lowest BCUT2D eigenvalue weighted by molar-refractivity contribution is -0.161. The molecule has 0 radical (unpaired) electrons. The molecule has 562 valence electrons. The number of ether oxygens (including phenoxy) is 4. The van der Waals surface area contributed by atoms with E-state index in [1.165, 1.54) is 135 Å². The Balaban J connectivity index is 5.32. The van der Waals surface area contributed by atoms with Crippen LogP contribution in [0.15, 0.2) is 48.6 Å². The average Bonchev–Trinajstić information content (AvgIpc) is 1.14. The lowest BCUT2D eigenvalue weighted by Crippen LogP contribution is -2.30. The number of hydrogen-bond donors (Lipinski definition) is 3. The molecule has 0 aliphatic heterocycles. The number of aliphatic hydroxyl groups is 1. The Labute approximate surface area is 585 Å². The van der Waals surface area contributed by atoms with Crippen LogP contribution in [0.3, 0.4) is 0 Å². The molecule has 0 heterocycles. The number of esters is 4. The first-order chi connectivity index (χ1) is 46.7. The van der Waals surface area contributed by atoms with E-state index in [-0.39, 0.29) is 25.7 Å². The molecular formula is C77H142O17P2. The topological polar surface area (TPSA) is 237 Å². The zero-order valence-corrected chi connectivity index (χ0v) is 63.1. The minimum absolute atomic E-state index is 0.0882. The van der Waals surface area contributed by atoms with E-state index >= 15 is 0 Å². The summed E-state index contributed by atoms with van der Waals surface area (Å²) in [6.07, 6.45) is 66.6. The van der Waals surface area contributed by atoms with Crippen LogP contribution < -0.4 is 0 Å². The van der Waals surface area contributed by atoms with Crippen LogP contribution in [0.4, 0.5) is 0 Å². The van der Waals surface area contributed by atoms with E-state index < -0.39 is 97.5 Å². The van der Waals surface area contributed by atoms with Gasteiger partial charge in [-0.1, -0.05) is 275 Å². The van der Waals surface area contributed by atoms with Gasteiger partial charge in [0.15, 0.2) is 12.2 Å². The Hall–Kier alpha value is -2.98. The molecule has 96 heavy (non-hydrogen) atoms. The number of rotatable bonds is 74. The van der Waals surface area contributed by atoms with Crippen molar-refractivity contribution >= 4 is 39.5 Å². The van der Waals surface area contributed by atoms with Crippen LogP contribution in [0.1, 0.15) is 362 Å². The molecule has 19 heteroatoms. The highest BCUT2D eigenvalue weighted by Gasteiger charge is 2.30. The van der Waals surface area contributed by atoms with Crippen LogP contribution in [0.2, 0.25) is 0 Å². The van der Waals surface area contributed by atoms with Crippen molar-refractivity contribution in [3.63, 3.8) is 0 Å². The van der Waals surface area contributed by atoms with E-state index in [1.807, 2.05) is 0 Å². The Morgan fingerprint density at radius 3 is 0.812 bits per heavy atom. The summed E-state index contributed by atoms with van der Waals surface area (Å²) in [5, 5.41) is 10.6. The summed E-state index contributed by atoms with van der Waals surface area (Å²) in [5.74, 6) is -2.17. The van der Waals surface area contributed by atoms with E-state index in [2.05, 4.69) is 76.3 Å². The Bertz CT molecular complexity index is 2010. The van der Waals surface area contributed by atoms with E-state index in [4.69, 9.17) is 37.0 Å². The molecule has 0 saturated heterocycles. The summed E-state index contributed by atoms with van der Waals surface area (Å²) in [4.78, 5) is 72.8. The van der Waals surface area contributed by atoms with Crippen molar-refractivity contribution in [1.82, 2.24) is 0 Å². The van der Waals surface area contributed by atoms with Gasteiger partial charge in [0, 0.05) is 25.7 Å². The van der Waals surface area contributed by atoms with Gasteiger partial charge in [-0.3, -0.25) is 37.3 Å². The number of carbonyl (C=O) groups excluding carboxylic acids is 4. The molecule has 5 unspecified atom stereocenters. The lowest BCUT2D eigenvalue weighted by Gasteiger charge is -2.21. The van der Waals surface area contributed by atoms with Crippen LogP contribution in [-0.4, -0.2) is 96.7 Å². The number of phosphoric acid groups is 2. The fraction of sp³-hybridized carbons (Fsp3) is 0.844. The maximum atomic E-state index is 13.1. The van der Waals surface area contributed by atoms with E-state index in [0.717, 1.165) is 148 Å². The van der Waals surface area contributed by atoms with Crippen LogP contribution in [0, 0.1) is 0 Å². The molecule has 3 N–H and O–H groups in total. The van der Waals surface area contributed by atoms with Crippen LogP contribution in [-0.2, 0) is 65.4 Å². The molecule has 0 aliphatic carbocycles. The molecule has 0 amide bonds. The average molecular weight is 1400 g/mol. The van der Waals surface area contributed by atoms with Gasteiger partial charge in [-0.15, -0.1) is 0 Å². The second kappa shape index (κ2) is 70.5. The van der Waals surface area contributed by atoms with Crippen molar-refractivity contribution in [2.75, 3.05) is 39.6 Å². The Morgan fingerprint density at radius 1 is 0.292 bits per heavy atom. The SMILES string of the molecule is CCCCC/C=C\C/C=C\CCCCCCCC(=O)OCC(COP(=O)(O)OCC(O)COP(=O)(O)OCC(COC(=O)CCCCCCC/C=C\CCCCCCCC)OC(=O)CCCCCCC/C=C\CCCCCC)OC(=O)CCCCCCCCCCCCCCC. The minimum atomic E-state index is -4.97. The first-order valence-electron chi connectivity index (χ1n) is 38.9. The third-order valence-corrected chi connectivity index (χ3v) is 18.7. The highest BCUT2D eigenvalue weighted by molar-refractivity contribution is 7.47. The molecule has 0 fully saturated rings. The largest absolute Gasteiger partial charge is 0.472 e. The van der Waals surface area contributed by atoms with Crippen LogP contribution >= 0.6 is 15.6 Å². The van der Waals surface area contributed by atoms with E-state index in [0.29, 0.717) is 25.7 Å². The fourth-order valence-corrected chi connectivity index (χ4v) is 12.3. The van der Waals surface area contributed by atoms with Crippen LogP contribution in [0.25, 0.3) is 0 Å². The summed E-state index contributed by atoms with van der Waals surface area (Å²) < 4.78 is 68.5. The number of aliphatic hydroxyl groups excluding tert-OH is 1. The second-order valence-corrected chi connectivity index (χ2v) is 29.2. The Morgan fingerprint density at radius 2 is 0.510 bits per heavy atom. The number of carbonyl (C=O) groups is 4. The summed E-state index contributed by atoms with van der Waals surface area (Å²) in [6.45, 7) is 4.86. The summed E-state index contributed by atoms with van der Waals surface area (Å²) >= 11 is 0. The maximum absolute atomic E-state index is 13.1. The molecule has 0 aromatic rings. The highest BCUT2D eigenvalue weighted by atomic mass is 31.2. The normalized spacial score (nSPS) is 14.2. The van der Waals surface area contributed by atoms with E-state index in [9.17, 15) is 43.2 Å². The number of allylic oxidation sites excluding steroid dienone is 8. The highest BCUT2D eigenvalue weighted by Crippen LogP contribution is 2.45. The van der Waals surface area contributed by atoms with Crippen molar-refractivity contribution in [3.05, 3.63) is 48.6 Å². The zero-order chi connectivity index (χ0) is 70.4. The lowest BCUT2D eigenvalue weighted by atomic mass is 10.0. The summed E-state index contributed by atoms with van der Waals surface area (Å²) in [5.41, 5.74) is 0. The molecule has 0 aliphatic rings. The van der Waals surface area contributed by atoms with Crippen molar-refractivity contribution in [2.45, 2.75) is 380 Å². The molecule has 0 rings (SSSR count). The van der Waals surface area contributed by atoms with Crippen LogP contribution in [0.5, 0.6) is 0 Å². The van der Waals surface area contributed by atoms with Crippen molar-refractivity contribution in [3.8, 4) is 0 Å². The van der Waals surface area contributed by atoms with Crippen molar-refractivity contribution in [2.24, 2.45) is 0 Å². The van der Waals surface area contributed by atoms with Gasteiger partial charge in [0.05, 0.1) is 26.4 Å². The minimum Gasteiger partial charge on any atom is -0.462 e. The molecule has 17 nitrogen and oxygen atoms in total. The summed E-state index contributed by atoms with van der Waals surface area (Å²) in [7, 11) is -9.93. The van der Waals surface area contributed by atoms with E-state index in [1.54, 1.807) is 0 Å². The Kier molecular flexibility index (Phi) is 68.3. The van der Waals surface area contributed by atoms with Gasteiger partial charge in [0.25, 0.3) is 0 Å². The zero-order valence-electron chi connectivity index (χ0n) is 61.3. The molecule has 0 aromatic carbocycles. The fourth-order valence-electron chi connectivity index (χ4n) is 10.8. The third-order valence-electron chi connectivity index (χ3n) is 16.8. The molecular weight excluding hydrogens is 1260 g/mol. The molecule has 0 spiro atoms. The van der Waals surface area contributed by atoms with Gasteiger partial charge in [-0.2, -0.15) is 0 Å². The predicted octanol–water partition coefficient (Wildman–Crippen LogP) is 22.1. The maximum Gasteiger partial charge on any atom is 0.472 e. The second-order valence-electron chi connectivity index (χ2n) is 26.3. The standard InChI is InChI=1S/C77H142O17P2/c1-5-9-13-17-21-25-29-33-35-39-41-45-49-53-57-61-74(79)87-67-72(93-76(81)63-59-55-51-47-43-37-31-27-23-19-15-11-7-3)69-91-95(83,84)89-65-71(78)66-90-96(85,86)92-70-73(94-77(82)64-60-56-52-48-44-38-32-28-24-20-16-12-8-4)68-88-75(80)62-58-54-50-46-42-40-36-34-30-26-22-18-14-10-6-2/h21,25,28,32-36,71-73,78H,5-20,22-24,26-27,29-31,37-70H2,1-4H3,(H,83,84)(H,85,86)/b25-21-,32-28-,35-33-,36-34-. The van der Waals surface area contributed by atoms with Gasteiger partial charge >= 0.3 is 39.5 Å². The van der Waals surface area contributed by atoms with Gasteiger partial charge < -0.3 is 33.8 Å². The van der Waals surface area contributed by atoms with Crippen molar-refractivity contribution in [1.29, 1.82) is 0 Å². The van der Waals surface area contributed by atoms with Crippen molar-refractivity contribution < 1.29 is 80.2 Å².